The van der Waals surface area contributed by atoms with Gasteiger partial charge < -0.3 is 10.2 Å². The van der Waals surface area contributed by atoms with Gasteiger partial charge in [-0.1, -0.05) is 0 Å². The standard InChI is InChI=1S/C15H19N3O3/c1-16-13-8-11(4-7-14(13)18(20)21)15(19)17(12-5-6-12)9-10-2-3-10/h4,7-8,10,12,16H,2-3,5-6,9H2,1H3. The summed E-state index contributed by atoms with van der Waals surface area (Å²) in [6.07, 6.45) is 4.56. The minimum Gasteiger partial charge on any atom is -0.383 e. The first-order valence-corrected chi connectivity index (χ1v) is 7.37. The Morgan fingerprint density at radius 2 is 2.10 bits per heavy atom. The van der Waals surface area contributed by atoms with Crippen molar-refractivity contribution in [2.24, 2.45) is 5.92 Å². The van der Waals surface area contributed by atoms with Gasteiger partial charge in [-0.25, -0.2) is 0 Å². The number of rotatable bonds is 6. The first-order chi connectivity index (χ1) is 10.1. The predicted molar refractivity (Wildman–Crippen MR) is 79.4 cm³/mol. The minimum atomic E-state index is -0.442. The van der Waals surface area contributed by atoms with Crippen LogP contribution < -0.4 is 5.32 Å². The van der Waals surface area contributed by atoms with E-state index in [9.17, 15) is 14.9 Å². The normalized spacial score (nSPS) is 17.4. The Hall–Kier alpha value is -2.11. The number of anilines is 1. The highest BCUT2D eigenvalue weighted by atomic mass is 16.6. The van der Waals surface area contributed by atoms with E-state index in [2.05, 4.69) is 5.32 Å². The van der Waals surface area contributed by atoms with Crippen LogP contribution >= 0.6 is 0 Å². The molecule has 0 aromatic heterocycles. The highest BCUT2D eigenvalue weighted by molar-refractivity contribution is 5.96. The molecule has 6 heteroatoms. The van der Waals surface area contributed by atoms with E-state index in [4.69, 9.17) is 0 Å². The summed E-state index contributed by atoms with van der Waals surface area (Å²) in [6.45, 7) is 0.829. The van der Waals surface area contributed by atoms with Crippen LogP contribution in [0.5, 0.6) is 0 Å². The maximum Gasteiger partial charge on any atom is 0.292 e. The smallest absolute Gasteiger partial charge is 0.292 e. The predicted octanol–water partition coefficient (Wildman–Crippen LogP) is 2.65. The van der Waals surface area contributed by atoms with E-state index in [0.717, 1.165) is 19.4 Å². The molecule has 1 N–H and O–H groups in total. The number of hydrogen-bond donors (Lipinski definition) is 1. The van der Waals surface area contributed by atoms with Crippen molar-refractivity contribution in [3.63, 3.8) is 0 Å². The summed E-state index contributed by atoms with van der Waals surface area (Å²) in [5.74, 6) is 0.646. The fourth-order valence-corrected chi connectivity index (χ4v) is 2.56. The van der Waals surface area contributed by atoms with Gasteiger partial charge in [0.1, 0.15) is 5.69 Å². The number of nitro benzene ring substituents is 1. The lowest BCUT2D eigenvalue weighted by Crippen LogP contribution is -2.34. The number of nitro groups is 1. The van der Waals surface area contributed by atoms with Crippen LogP contribution in [0.4, 0.5) is 11.4 Å². The molecule has 1 aromatic carbocycles. The van der Waals surface area contributed by atoms with Crippen LogP contribution in [-0.4, -0.2) is 35.4 Å². The second-order valence-electron chi connectivity index (χ2n) is 5.87. The van der Waals surface area contributed by atoms with Crippen molar-refractivity contribution >= 4 is 17.3 Å². The number of nitrogens with one attached hydrogen (secondary N) is 1. The highest BCUT2D eigenvalue weighted by Gasteiger charge is 2.37. The molecule has 0 atom stereocenters. The molecule has 1 amide bonds. The monoisotopic (exact) mass is 289 g/mol. The second-order valence-corrected chi connectivity index (χ2v) is 5.87. The van der Waals surface area contributed by atoms with Gasteiger partial charge in [0.25, 0.3) is 11.6 Å². The Balaban J connectivity index is 1.83. The largest absolute Gasteiger partial charge is 0.383 e. The lowest BCUT2D eigenvalue weighted by Gasteiger charge is -2.22. The summed E-state index contributed by atoms with van der Waals surface area (Å²) >= 11 is 0. The van der Waals surface area contributed by atoms with Gasteiger partial charge >= 0.3 is 0 Å². The topological polar surface area (TPSA) is 75.5 Å². The molecule has 0 spiro atoms. The van der Waals surface area contributed by atoms with Crippen molar-refractivity contribution in [1.29, 1.82) is 0 Å². The molecule has 0 aliphatic heterocycles. The molecule has 1 aromatic rings. The summed E-state index contributed by atoms with van der Waals surface area (Å²) in [7, 11) is 1.62. The van der Waals surface area contributed by atoms with Gasteiger partial charge in [0.15, 0.2) is 0 Å². The van der Waals surface area contributed by atoms with Crippen molar-refractivity contribution in [2.45, 2.75) is 31.7 Å². The molecule has 21 heavy (non-hydrogen) atoms. The number of nitrogens with zero attached hydrogens (tertiary/aromatic N) is 2. The van der Waals surface area contributed by atoms with Gasteiger partial charge in [-0.3, -0.25) is 14.9 Å². The summed E-state index contributed by atoms with van der Waals surface area (Å²) in [5, 5.41) is 13.7. The first kappa shape index (κ1) is 13.9. The molecule has 0 heterocycles. The number of carbonyl (C=O) groups excluding carboxylic acids is 1. The van der Waals surface area contributed by atoms with E-state index < -0.39 is 4.92 Å². The molecule has 0 saturated heterocycles. The number of amides is 1. The van der Waals surface area contributed by atoms with Crippen molar-refractivity contribution in [3.05, 3.63) is 33.9 Å². The molecule has 6 nitrogen and oxygen atoms in total. The molecular weight excluding hydrogens is 270 g/mol. The zero-order valence-electron chi connectivity index (χ0n) is 12.0. The van der Waals surface area contributed by atoms with E-state index in [1.807, 2.05) is 4.90 Å². The van der Waals surface area contributed by atoms with Crippen LogP contribution in [0.25, 0.3) is 0 Å². The number of hydrogen-bond acceptors (Lipinski definition) is 4. The van der Waals surface area contributed by atoms with Crippen LogP contribution in [0.2, 0.25) is 0 Å². The lowest BCUT2D eigenvalue weighted by molar-refractivity contribution is -0.383. The average Bonchev–Trinajstić information content (AvgIpc) is 3.36. The average molecular weight is 289 g/mol. The summed E-state index contributed by atoms with van der Waals surface area (Å²) in [6, 6.07) is 4.92. The van der Waals surface area contributed by atoms with Crippen molar-refractivity contribution in [3.8, 4) is 0 Å². The van der Waals surface area contributed by atoms with Gasteiger partial charge in [-0.05, 0) is 43.7 Å². The van der Waals surface area contributed by atoms with Crippen molar-refractivity contribution in [1.82, 2.24) is 4.90 Å². The highest BCUT2D eigenvalue weighted by Crippen LogP contribution is 2.36. The lowest BCUT2D eigenvalue weighted by atomic mass is 10.1. The molecule has 0 radical (unpaired) electrons. The molecule has 0 unspecified atom stereocenters. The zero-order valence-corrected chi connectivity index (χ0v) is 12.0. The van der Waals surface area contributed by atoms with Gasteiger partial charge in [0, 0.05) is 31.3 Å². The Morgan fingerprint density at radius 1 is 1.38 bits per heavy atom. The maximum atomic E-state index is 12.7. The molecular formula is C15H19N3O3. The van der Waals surface area contributed by atoms with Gasteiger partial charge in [0.2, 0.25) is 0 Å². The van der Waals surface area contributed by atoms with E-state index in [1.54, 1.807) is 19.2 Å². The fraction of sp³-hybridized carbons (Fsp3) is 0.533. The maximum absolute atomic E-state index is 12.7. The SMILES string of the molecule is CNc1cc(C(=O)N(CC2CC2)C2CC2)ccc1[N+](=O)[O-]. The van der Waals surface area contributed by atoms with Gasteiger partial charge in [-0.2, -0.15) is 0 Å². The zero-order chi connectivity index (χ0) is 15.0. The van der Waals surface area contributed by atoms with Crippen LogP contribution in [0.3, 0.4) is 0 Å². The van der Waals surface area contributed by atoms with Crippen molar-refractivity contribution in [2.75, 3.05) is 18.9 Å². The molecule has 2 fully saturated rings. The third-order valence-corrected chi connectivity index (χ3v) is 4.11. The minimum absolute atomic E-state index is 0.00389. The third kappa shape index (κ3) is 2.99. The van der Waals surface area contributed by atoms with Crippen LogP contribution in [0.1, 0.15) is 36.0 Å². The van der Waals surface area contributed by atoms with Crippen LogP contribution in [-0.2, 0) is 0 Å². The molecule has 2 saturated carbocycles. The molecule has 2 aliphatic carbocycles. The summed E-state index contributed by atoms with van der Waals surface area (Å²) in [4.78, 5) is 25.1. The second kappa shape index (κ2) is 5.35. The molecule has 112 valence electrons. The Bertz CT molecular complexity index is 580. The van der Waals surface area contributed by atoms with Crippen LogP contribution in [0, 0.1) is 16.0 Å². The molecule has 0 bridgehead atoms. The third-order valence-electron chi connectivity index (χ3n) is 4.11. The van der Waals surface area contributed by atoms with Crippen molar-refractivity contribution < 1.29 is 9.72 Å². The first-order valence-electron chi connectivity index (χ1n) is 7.37. The Kier molecular flexibility index (Phi) is 3.53. The van der Waals surface area contributed by atoms with Crippen LogP contribution in [0.15, 0.2) is 18.2 Å². The van der Waals surface area contributed by atoms with E-state index in [0.29, 0.717) is 23.2 Å². The number of carbonyl (C=O) groups is 1. The molecule has 2 aliphatic rings. The van der Waals surface area contributed by atoms with E-state index in [-0.39, 0.29) is 11.6 Å². The Labute approximate surface area is 123 Å². The molecule has 3 rings (SSSR count). The summed E-state index contributed by atoms with van der Waals surface area (Å²) in [5.41, 5.74) is 0.903. The number of benzene rings is 1. The van der Waals surface area contributed by atoms with Gasteiger partial charge in [-0.15, -0.1) is 0 Å². The quantitative estimate of drug-likeness (QED) is 0.645. The fourth-order valence-electron chi connectivity index (χ4n) is 2.56. The Morgan fingerprint density at radius 3 is 2.62 bits per heavy atom. The summed E-state index contributed by atoms with van der Waals surface area (Å²) < 4.78 is 0. The van der Waals surface area contributed by atoms with E-state index in [1.165, 1.54) is 18.9 Å². The van der Waals surface area contributed by atoms with E-state index >= 15 is 0 Å². The van der Waals surface area contributed by atoms with Gasteiger partial charge in [0.05, 0.1) is 4.92 Å².